The molecular formula is C31H25ClN4OS. The van der Waals surface area contributed by atoms with Crippen LogP contribution in [0.4, 0.5) is 11.4 Å². The lowest BCUT2D eigenvalue weighted by atomic mass is 10.1. The fourth-order valence-corrected chi connectivity index (χ4v) is 6.34. The number of hydrogen-bond donors (Lipinski definition) is 0. The lowest BCUT2D eigenvalue weighted by molar-refractivity contribution is -0.114. The predicted molar refractivity (Wildman–Crippen MR) is 158 cm³/mol. The van der Waals surface area contributed by atoms with Crippen molar-refractivity contribution in [3.05, 3.63) is 137 Å². The molecule has 5 nitrogen and oxygen atoms in total. The molecule has 1 fully saturated rings. The number of hydrazone groups is 1. The highest BCUT2D eigenvalue weighted by Crippen LogP contribution is 2.53. The number of carbonyl (C=O) groups is 1. The van der Waals surface area contributed by atoms with Crippen LogP contribution in [0.3, 0.4) is 0 Å². The molecule has 0 saturated carbocycles. The van der Waals surface area contributed by atoms with Crippen molar-refractivity contribution in [3.63, 3.8) is 0 Å². The number of aryl methyl sites for hydroxylation is 1. The van der Waals surface area contributed by atoms with E-state index in [1.165, 1.54) is 17.3 Å². The Morgan fingerprint density at radius 2 is 1.50 bits per heavy atom. The monoisotopic (exact) mass is 536 g/mol. The maximum Gasteiger partial charge on any atom is 0.278 e. The summed E-state index contributed by atoms with van der Waals surface area (Å²) in [6, 6.07) is 35.6. The molecule has 0 radical (unpaired) electrons. The molecule has 0 aliphatic carbocycles. The van der Waals surface area contributed by atoms with Gasteiger partial charge in [0.05, 0.1) is 5.69 Å². The molecule has 1 saturated heterocycles. The molecule has 1 unspecified atom stereocenters. The van der Waals surface area contributed by atoms with Crippen molar-refractivity contribution in [2.24, 2.45) is 5.10 Å². The molecule has 0 N–H and O–H groups in total. The van der Waals surface area contributed by atoms with Gasteiger partial charge in [-0.2, -0.15) is 5.10 Å². The van der Waals surface area contributed by atoms with Gasteiger partial charge in [0.25, 0.3) is 11.0 Å². The van der Waals surface area contributed by atoms with Gasteiger partial charge in [-0.25, -0.2) is 5.01 Å². The van der Waals surface area contributed by atoms with E-state index in [0.717, 1.165) is 27.5 Å². The van der Waals surface area contributed by atoms with Gasteiger partial charge in [0.15, 0.2) is 0 Å². The predicted octanol–water partition coefficient (Wildman–Crippen LogP) is 7.19. The highest BCUT2D eigenvalue weighted by atomic mass is 35.5. The Balaban J connectivity index is 1.57. The Hall–Kier alpha value is -4.00. The third-order valence-electron chi connectivity index (χ3n) is 6.68. The molecule has 0 bridgehead atoms. The maximum absolute atomic E-state index is 14.3. The van der Waals surface area contributed by atoms with E-state index in [9.17, 15) is 4.79 Å². The molecule has 2 aliphatic heterocycles. The standard InChI is InChI=1S/C31H25ClN4OS/c1-22-16-18-23(19-17-22)20-28-30(37)35(26-12-5-3-6-13-26)31(34(28)2)36(27-14-7-4-8-15-27)33-29(38-31)24-10-9-11-25(32)21-24/h3-21H,1-2H3/b28-20+. The van der Waals surface area contributed by atoms with Crippen molar-refractivity contribution in [2.75, 3.05) is 17.0 Å². The number of halogens is 1. The second-order valence-electron chi connectivity index (χ2n) is 9.21. The summed E-state index contributed by atoms with van der Waals surface area (Å²) < 4.78 is 0. The summed E-state index contributed by atoms with van der Waals surface area (Å²) in [4.78, 5) is 18.2. The molecule has 4 aromatic carbocycles. The maximum atomic E-state index is 14.3. The lowest BCUT2D eigenvalue weighted by Crippen LogP contribution is -2.59. The van der Waals surface area contributed by atoms with Crippen molar-refractivity contribution < 1.29 is 4.79 Å². The van der Waals surface area contributed by atoms with Gasteiger partial charge >= 0.3 is 0 Å². The van der Waals surface area contributed by atoms with E-state index in [4.69, 9.17) is 16.7 Å². The minimum atomic E-state index is -1.02. The van der Waals surface area contributed by atoms with Gasteiger partial charge in [0, 0.05) is 23.3 Å². The Labute approximate surface area is 231 Å². The van der Waals surface area contributed by atoms with Gasteiger partial charge in [-0.15, -0.1) is 0 Å². The van der Waals surface area contributed by atoms with E-state index >= 15 is 0 Å². The second kappa shape index (κ2) is 9.71. The van der Waals surface area contributed by atoms with Crippen LogP contribution in [0.2, 0.25) is 5.02 Å². The normalized spacial score (nSPS) is 20.1. The van der Waals surface area contributed by atoms with Crippen molar-refractivity contribution in [2.45, 2.75) is 12.0 Å². The van der Waals surface area contributed by atoms with Crippen LogP contribution < -0.4 is 9.91 Å². The van der Waals surface area contributed by atoms with Crippen molar-refractivity contribution in [1.82, 2.24) is 4.90 Å². The summed E-state index contributed by atoms with van der Waals surface area (Å²) in [6.07, 6.45) is 1.95. The first-order valence-corrected chi connectivity index (χ1v) is 13.5. The van der Waals surface area contributed by atoms with Crippen LogP contribution in [0, 0.1) is 6.92 Å². The molecule has 1 spiro atoms. The fourth-order valence-electron chi connectivity index (χ4n) is 4.77. The molecule has 38 heavy (non-hydrogen) atoms. The quantitative estimate of drug-likeness (QED) is 0.259. The third kappa shape index (κ3) is 4.06. The summed E-state index contributed by atoms with van der Waals surface area (Å²) in [5, 5.41) is 7.43. The number of para-hydroxylation sites is 2. The van der Waals surface area contributed by atoms with Gasteiger partial charge in [0.2, 0.25) is 0 Å². The van der Waals surface area contributed by atoms with E-state index in [0.29, 0.717) is 10.7 Å². The number of likely N-dealkylation sites (N-methyl/N-ethyl adjacent to an activating group) is 1. The van der Waals surface area contributed by atoms with Crippen LogP contribution in [0.1, 0.15) is 16.7 Å². The topological polar surface area (TPSA) is 39.2 Å². The number of amides is 1. The summed E-state index contributed by atoms with van der Waals surface area (Å²) in [5.74, 6) is -0.102. The van der Waals surface area contributed by atoms with Crippen LogP contribution in [0.5, 0.6) is 0 Å². The minimum absolute atomic E-state index is 0.102. The fraction of sp³-hybridized carbons (Fsp3) is 0.0968. The Bertz CT molecular complexity index is 1560. The first kappa shape index (κ1) is 24.3. The number of benzene rings is 4. The van der Waals surface area contributed by atoms with E-state index < -0.39 is 5.12 Å². The number of rotatable bonds is 4. The summed E-state index contributed by atoms with van der Waals surface area (Å²) in [6.45, 7) is 2.05. The number of hydrogen-bond acceptors (Lipinski definition) is 5. The van der Waals surface area contributed by atoms with Crippen LogP contribution in [0.25, 0.3) is 6.08 Å². The van der Waals surface area contributed by atoms with Gasteiger partial charge in [-0.1, -0.05) is 90.0 Å². The minimum Gasteiger partial charge on any atom is -0.319 e. The molecule has 1 amide bonds. The molecular weight excluding hydrogens is 512 g/mol. The molecule has 2 heterocycles. The molecule has 6 rings (SSSR count). The van der Waals surface area contributed by atoms with E-state index in [-0.39, 0.29) is 5.91 Å². The zero-order valence-electron chi connectivity index (χ0n) is 21.0. The number of anilines is 2. The van der Waals surface area contributed by atoms with E-state index in [1.54, 1.807) is 0 Å². The van der Waals surface area contributed by atoms with Crippen molar-refractivity contribution >= 4 is 51.8 Å². The second-order valence-corrected chi connectivity index (χ2v) is 10.8. The molecule has 188 valence electrons. The highest BCUT2D eigenvalue weighted by molar-refractivity contribution is 8.16. The average Bonchev–Trinajstić information content (AvgIpc) is 3.43. The molecule has 1 atom stereocenters. The van der Waals surface area contributed by atoms with Crippen molar-refractivity contribution in [1.29, 1.82) is 0 Å². The zero-order valence-corrected chi connectivity index (χ0v) is 22.5. The van der Waals surface area contributed by atoms with Crippen molar-refractivity contribution in [3.8, 4) is 0 Å². The first-order chi connectivity index (χ1) is 18.5. The molecule has 4 aromatic rings. The Morgan fingerprint density at radius 3 is 2.16 bits per heavy atom. The Kier molecular flexibility index (Phi) is 6.22. The summed E-state index contributed by atoms with van der Waals surface area (Å²) in [5.41, 5.74) is 5.25. The van der Waals surface area contributed by atoms with E-state index in [1.807, 2.05) is 125 Å². The smallest absolute Gasteiger partial charge is 0.278 e. The van der Waals surface area contributed by atoms with Crippen LogP contribution in [0.15, 0.2) is 120 Å². The number of nitrogens with zero attached hydrogens (tertiary/aromatic N) is 4. The van der Waals surface area contributed by atoms with Crippen LogP contribution in [-0.4, -0.2) is 28.0 Å². The summed E-state index contributed by atoms with van der Waals surface area (Å²) >= 11 is 7.89. The van der Waals surface area contributed by atoms with Crippen LogP contribution >= 0.6 is 23.4 Å². The van der Waals surface area contributed by atoms with Gasteiger partial charge in [-0.3, -0.25) is 9.69 Å². The van der Waals surface area contributed by atoms with Gasteiger partial charge in [0.1, 0.15) is 10.7 Å². The average molecular weight is 537 g/mol. The SMILES string of the molecule is Cc1ccc(/C=C2\C(=O)N(c3ccccc3)C3(SC(c4cccc(Cl)c4)=NN3c3ccccc3)N2C)cc1. The highest BCUT2D eigenvalue weighted by Gasteiger charge is 2.62. The van der Waals surface area contributed by atoms with Crippen LogP contribution in [-0.2, 0) is 4.79 Å². The van der Waals surface area contributed by atoms with Gasteiger partial charge < -0.3 is 4.90 Å². The number of carbonyl (C=O) groups excluding carboxylic acids is 1. The van der Waals surface area contributed by atoms with Gasteiger partial charge in [-0.05, 0) is 66.7 Å². The first-order valence-electron chi connectivity index (χ1n) is 12.3. The molecule has 0 aromatic heterocycles. The molecule has 7 heteroatoms. The number of thioether (sulfide) groups is 1. The summed E-state index contributed by atoms with van der Waals surface area (Å²) in [7, 11) is 1.96. The van der Waals surface area contributed by atoms with E-state index in [2.05, 4.69) is 19.1 Å². The Morgan fingerprint density at radius 1 is 0.842 bits per heavy atom. The zero-order chi connectivity index (χ0) is 26.3. The largest absolute Gasteiger partial charge is 0.319 e. The third-order valence-corrected chi connectivity index (χ3v) is 8.33. The lowest BCUT2D eigenvalue weighted by Gasteiger charge is -2.43. The molecule has 2 aliphatic rings.